The smallest absolute Gasteiger partial charge is 0.0382 e. The summed E-state index contributed by atoms with van der Waals surface area (Å²) < 4.78 is 0. The largest absolute Gasteiger partial charge is 0.119 e. The van der Waals surface area contributed by atoms with Gasteiger partial charge in [0.1, 0.15) is 0 Å². The molecular formula is C15H21. The first kappa shape index (κ1) is 10.6. The van der Waals surface area contributed by atoms with Crippen LogP contribution in [0.25, 0.3) is 0 Å². The van der Waals surface area contributed by atoms with E-state index >= 15 is 0 Å². The van der Waals surface area contributed by atoms with E-state index in [1.165, 1.54) is 37.7 Å². The summed E-state index contributed by atoms with van der Waals surface area (Å²) in [5, 5.41) is 0. The summed E-state index contributed by atoms with van der Waals surface area (Å²) in [7, 11) is 0. The van der Waals surface area contributed by atoms with Crippen LogP contribution < -0.4 is 0 Å². The van der Waals surface area contributed by atoms with Crippen molar-refractivity contribution in [1.29, 1.82) is 0 Å². The van der Waals surface area contributed by atoms with Crippen molar-refractivity contribution in [3.8, 4) is 12.3 Å². The van der Waals surface area contributed by atoms with Crippen molar-refractivity contribution in [1.82, 2.24) is 0 Å². The van der Waals surface area contributed by atoms with Gasteiger partial charge < -0.3 is 0 Å². The van der Waals surface area contributed by atoms with Gasteiger partial charge in [-0.1, -0.05) is 29.7 Å². The van der Waals surface area contributed by atoms with Crippen molar-refractivity contribution in [3.63, 3.8) is 0 Å². The quantitative estimate of drug-likeness (QED) is 0.443. The van der Waals surface area contributed by atoms with Crippen molar-refractivity contribution < 1.29 is 1.43 Å². The predicted molar refractivity (Wildman–Crippen MR) is 66.4 cm³/mol. The Morgan fingerprint density at radius 2 is 2.33 bits per heavy atom. The molecule has 0 spiro atoms. The van der Waals surface area contributed by atoms with Crippen molar-refractivity contribution in [2.24, 2.45) is 17.8 Å². The molecule has 0 aromatic heterocycles. The van der Waals surface area contributed by atoms with Crippen LogP contribution in [0.5, 0.6) is 0 Å². The van der Waals surface area contributed by atoms with Gasteiger partial charge in [-0.3, -0.25) is 0 Å². The van der Waals surface area contributed by atoms with E-state index in [0.717, 1.165) is 11.8 Å². The number of hydrogen-bond donors (Lipinski definition) is 0. The van der Waals surface area contributed by atoms with Crippen LogP contribution in [0.3, 0.4) is 0 Å². The lowest BCUT2D eigenvalue weighted by Crippen LogP contribution is -2.22. The number of allylic oxidation sites excluding steroid dienone is 3. The highest BCUT2D eigenvalue weighted by molar-refractivity contribution is 5.21. The predicted octanol–water partition coefficient (Wildman–Crippen LogP) is 4.06. The summed E-state index contributed by atoms with van der Waals surface area (Å²) in [5.74, 6) is 4.86. The molecule has 1 saturated carbocycles. The van der Waals surface area contributed by atoms with E-state index in [9.17, 15) is 0 Å². The Kier molecular flexibility index (Phi) is 3.00. The fourth-order valence-electron chi connectivity index (χ4n) is 2.98. The van der Waals surface area contributed by atoms with Crippen LogP contribution in [0.2, 0.25) is 0 Å². The van der Waals surface area contributed by atoms with Crippen LogP contribution in [0.4, 0.5) is 0 Å². The van der Waals surface area contributed by atoms with Gasteiger partial charge in [-0.25, -0.2) is 0 Å². The van der Waals surface area contributed by atoms with Crippen molar-refractivity contribution in [3.05, 3.63) is 23.8 Å². The molecule has 1 fully saturated rings. The summed E-state index contributed by atoms with van der Waals surface area (Å²) in [6.45, 7) is 6.27. The molecule has 0 heteroatoms. The third-order valence-electron chi connectivity index (χ3n) is 4.03. The molecule has 0 aromatic rings. The highest BCUT2D eigenvalue weighted by atomic mass is 14.3. The fraction of sp³-hybridized carbons (Fsp3) is 0.600. The minimum Gasteiger partial charge on any atom is -0.119 e. The van der Waals surface area contributed by atoms with Crippen molar-refractivity contribution >= 4 is 0 Å². The molecule has 3 atom stereocenters. The van der Waals surface area contributed by atoms with Crippen molar-refractivity contribution in [2.45, 2.75) is 39.0 Å². The Labute approximate surface area is 94.9 Å². The van der Waals surface area contributed by atoms with Gasteiger partial charge >= 0.3 is 0 Å². The lowest BCUT2D eigenvalue weighted by molar-refractivity contribution is 0.327. The average molecular weight is 201 g/mol. The second kappa shape index (κ2) is 4.27. The molecule has 0 amide bonds. The Morgan fingerprint density at radius 3 is 3.00 bits per heavy atom. The normalized spacial score (nSPS) is 34.9. The van der Waals surface area contributed by atoms with Crippen LogP contribution in [0.1, 0.15) is 40.5 Å². The standard InChI is InChI=1S/C15H20.H/c1-4-12-5-6-15-10-13(11(2)3)7-8-14(15)9-12;/h1,9,12-13,15H,2,5-8,10H2,3H3;/t12?,13-,15?;/m1./s1. The van der Waals surface area contributed by atoms with E-state index in [2.05, 4.69) is 25.5 Å². The zero-order valence-electron chi connectivity index (χ0n) is 10.6. The second-order valence-corrected chi connectivity index (χ2v) is 5.11. The van der Waals surface area contributed by atoms with Crippen LogP contribution in [0, 0.1) is 30.1 Å². The zero-order valence-corrected chi connectivity index (χ0v) is 9.63. The first-order chi connectivity index (χ1) is 7.20. The summed E-state index contributed by atoms with van der Waals surface area (Å²) in [6.07, 6.45) is 14.2. The molecule has 0 bridgehead atoms. The van der Waals surface area contributed by atoms with Gasteiger partial charge in [0, 0.05) is 7.34 Å². The maximum absolute atomic E-state index is 5.49. The number of terminal acetylenes is 1. The van der Waals surface area contributed by atoms with Gasteiger partial charge in [0.2, 0.25) is 0 Å². The van der Waals surface area contributed by atoms with E-state index in [1.54, 1.807) is 5.57 Å². The van der Waals surface area contributed by atoms with Crippen LogP contribution in [-0.4, -0.2) is 0 Å². The molecule has 2 aliphatic carbocycles. The van der Waals surface area contributed by atoms with Gasteiger partial charge in [-0.2, -0.15) is 0 Å². The molecule has 2 rings (SSSR count). The Hall–Kier alpha value is -0.960. The monoisotopic (exact) mass is 201 g/mol. The van der Waals surface area contributed by atoms with E-state index in [-0.39, 0.29) is 1.43 Å². The minimum absolute atomic E-state index is 0. The van der Waals surface area contributed by atoms with Gasteiger partial charge in [0.15, 0.2) is 0 Å². The highest BCUT2D eigenvalue weighted by Crippen LogP contribution is 2.42. The van der Waals surface area contributed by atoms with E-state index in [4.69, 9.17) is 6.42 Å². The van der Waals surface area contributed by atoms with Gasteiger partial charge in [-0.05, 0) is 50.9 Å². The third-order valence-corrected chi connectivity index (χ3v) is 4.03. The minimum atomic E-state index is 0. The molecule has 1 radical (unpaired) electrons. The lowest BCUT2D eigenvalue weighted by atomic mass is 9.70. The van der Waals surface area contributed by atoms with Crippen LogP contribution in [0.15, 0.2) is 23.8 Å². The van der Waals surface area contributed by atoms with Gasteiger partial charge in [0.25, 0.3) is 0 Å². The van der Waals surface area contributed by atoms with Gasteiger partial charge in [-0.15, -0.1) is 6.42 Å². The topological polar surface area (TPSA) is 0 Å². The van der Waals surface area contributed by atoms with Crippen LogP contribution in [-0.2, 0) is 0 Å². The molecule has 81 valence electrons. The van der Waals surface area contributed by atoms with E-state index in [1.807, 2.05) is 0 Å². The van der Waals surface area contributed by atoms with Crippen LogP contribution >= 0.6 is 0 Å². The molecule has 0 saturated heterocycles. The molecule has 0 aliphatic heterocycles. The van der Waals surface area contributed by atoms with Crippen molar-refractivity contribution in [2.75, 3.05) is 0 Å². The highest BCUT2D eigenvalue weighted by Gasteiger charge is 2.29. The molecule has 0 aromatic carbocycles. The molecule has 2 unspecified atom stereocenters. The Bertz CT molecular complexity index is 332. The van der Waals surface area contributed by atoms with Gasteiger partial charge in [0.05, 0.1) is 0 Å². The summed E-state index contributed by atoms with van der Waals surface area (Å²) in [5.41, 5.74) is 3.01. The zero-order chi connectivity index (χ0) is 10.8. The molecule has 2 aliphatic rings. The average Bonchev–Trinajstić information content (AvgIpc) is 2.27. The second-order valence-electron chi connectivity index (χ2n) is 5.11. The summed E-state index contributed by atoms with van der Waals surface area (Å²) in [4.78, 5) is 0. The molecule has 15 heavy (non-hydrogen) atoms. The molecular weight excluding hydrogens is 180 g/mol. The first-order valence-corrected chi connectivity index (χ1v) is 6.03. The summed E-state index contributed by atoms with van der Waals surface area (Å²) >= 11 is 0. The maximum Gasteiger partial charge on any atom is 0.0382 e. The number of rotatable bonds is 1. The van der Waals surface area contributed by atoms with E-state index in [0.29, 0.717) is 5.92 Å². The number of fused-ring (bicyclic) bond motifs is 1. The molecule has 0 heterocycles. The molecule has 0 N–H and O–H groups in total. The SMILES string of the molecule is C#CC1C=C2CC[C@@H](C(=C)C)CC2CC1.[H]. The Balaban J connectivity index is 0.00000128. The first-order valence-electron chi connectivity index (χ1n) is 6.03. The number of hydrogen-bond acceptors (Lipinski definition) is 0. The Morgan fingerprint density at radius 1 is 1.53 bits per heavy atom. The fourth-order valence-corrected chi connectivity index (χ4v) is 2.98. The third kappa shape index (κ3) is 2.17. The lowest BCUT2D eigenvalue weighted by Gasteiger charge is -2.35. The molecule has 0 nitrogen and oxygen atoms in total. The summed E-state index contributed by atoms with van der Waals surface area (Å²) in [6, 6.07) is 0. The maximum atomic E-state index is 5.49. The van der Waals surface area contributed by atoms with E-state index < -0.39 is 0 Å².